The number of pyridine rings is 1. The zero-order valence-corrected chi connectivity index (χ0v) is 22.9. The largest absolute Gasteiger partial charge is 0.465 e. The van der Waals surface area contributed by atoms with Crippen molar-refractivity contribution < 1.29 is 23.1 Å². The molecular formula is C27H35F3N8O2. The Morgan fingerprint density at radius 1 is 1.10 bits per heavy atom. The topological polar surface area (TPSA) is 114 Å². The van der Waals surface area contributed by atoms with Gasteiger partial charge in [-0.15, -0.1) is 0 Å². The third-order valence-corrected chi connectivity index (χ3v) is 7.59. The number of hydrogen-bond acceptors (Lipinski definition) is 7. The second kappa shape index (κ2) is 10.8. The smallest absolute Gasteiger partial charge is 0.420 e. The lowest BCUT2D eigenvalue weighted by molar-refractivity contribution is -0.138. The highest BCUT2D eigenvalue weighted by molar-refractivity contribution is 5.93. The molecule has 0 spiro atoms. The van der Waals surface area contributed by atoms with E-state index in [-0.39, 0.29) is 23.4 Å². The van der Waals surface area contributed by atoms with E-state index >= 15 is 0 Å². The van der Waals surface area contributed by atoms with E-state index in [1.165, 1.54) is 11.1 Å². The number of amides is 1. The maximum atomic E-state index is 14.5. The zero-order chi connectivity index (χ0) is 28.7. The van der Waals surface area contributed by atoms with E-state index in [1.807, 2.05) is 0 Å². The first-order chi connectivity index (χ1) is 18.9. The van der Waals surface area contributed by atoms with E-state index in [0.29, 0.717) is 42.8 Å². The number of piperazine rings is 1. The lowest BCUT2D eigenvalue weighted by atomic mass is 9.86. The molecule has 1 amide bonds. The highest BCUT2D eigenvalue weighted by atomic mass is 19.4. The van der Waals surface area contributed by atoms with Crippen LogP contribution in [0.2, 0.25) is 0 Å². The number of halogens is 3. The SMILES string of the molecule is CC(C)(C)c1nc(NC2CCN(CCN3CCN(C(=O)O)CC3)C2)nc(-c2c[nH]c3ncccc23)c1C(F)(F)F. The predicted octanol–water partition coefficient (Wildman–Crippen LogP) is 4.12. The number of H-pyrrole nitrogens is 1. The fraction of sp³-hybridized carbons (Fsp3) is 0.556. The normalized spacial score (nSPS) is 19.4. The van der Waals surface area contributed by atoms with Crippen molar-refractivity contribution in [3.05, 3.63) is 35.8 Å². The summed E-state index contributed by atoms with van der Waals surface area (Å²) < 4.78 is 43.6. The fourth-order valence-electron chi connectivity index (χ4n) is 5.47. The molecule has 0 saturated carbocycles. The number of aromatic amines is 1. The molecule has 0 bridgehead atoms. The van der Waals surface area contributed by atoms with Crippen molar-refractivity contribution in [2.75, 3.05) is 57.7 Å². The van der Waals surface area contributed by atoms with Gasteiger partial charge < -0.3 is 20.3 Å². The van der Waals surface area contributed by atoms with Crippen molar-refractivity contribution in [1.29, 1.82) is 0 Å². The fourth-order valence-corrected chi connectivity index (χ4v) is 5.47. The van der Waals surface area contributed by atoms with Crippen molar-refractivity contribution in [3.63, 3.8) is 0 Å². The molecule has 216 valence electrons. The van der Waals surface area contributed by atoms with Crippen LogP contribution in [0.1, 0.15) is 38.4 Å². The van der Waals surface area contributed by atoms with Gasteiger partial charge in [-0.1, -0.05) is 20.8 Å². The maximum Gasteiger partial charge on any atom is 0.420 e. The number of carboxylic acid groups (broad SMARTS) is 1. The molecular weight excluding hydrogens is 525 g/mol. The van der Waals surface area contributed by atoms with Crippen LogP contribution in [0.5, 0.6) is 0 Å². The van der Waals surface area contributed by atoms with Crippen molar-refractivity contribution >= 4 is 23.1 Å². The van der Waals surface area contributed by atoms with Gasteiger partial charge in [-0.2, -0.15) is 13.2 Å². The molecule has 5 rings (SSSR count). The number of fused-ring (bicyclic) bond motifs is 1. The van der Waals surface area contributed by atoms with Gasteiger partial charge in [-0.3, -0.25) is 9.80 Å². The Morgan fingerprint density at radius 3 is 2.50 bits per heavy atom. The van der Waals surface area contributed by atoms with E-state index in [2.05, 4.69) is 35.1 Å². The summed E-state index contributed by atoms with van der Waals surface area (Å²) >= 11 is 0. The van der Waals surface area contributed by atoms with Crippen LogP contribution in [0.15, 0.2) is 24.5 Å². The number of nitrogens with zero attached hydrogens (tertiary/aromatic N) is 6. The van der Waals surface area contributed by atoms with E-state index in [0.717, 1.165) is 32.6 Å². The molecule has 2 fully saturated rings. The minimum absolute atomic E-state index is 0.00843. The van der Waals surface area contributed by atoms with Gasteiger partial charge in [-0.25, -0.2) is 19.7 Å². The minimum Gasteiger partial charge on any atom is -0.465 e. The molecule has 0 aromatic carbocycles. The van der Waals surface area contributed by atoms with Crippen molar-refractivity contribution in [3.8, 4) is 11.3 Å². The molecule has 2 saturated heterocycles. The van der Waals surface area contributed by atoms with Gasteiger partial charge in [0.05, 0.1) is 11.4 Å². The number of alkyl halides is 3. The summed E-state index contributed by atoms with van der Waals surface area (Å²) in [6.45, 7) is 10.9. The summed E-state index contributed by atoms with van der Waals surface area (Å²) in [6, 6.07) is 3.42. The number of aromatic nitrogens is 4. The monoisotopic (exact) mass is 560 g/mol. The van der Waals surface area contributed by atoms with Gasteiger partial charge in [0.1, 0.15) is 11.2 Å². The second-order valence-corrected chi connectivity index (χ2v) is 11.5. The Morgan fingerprint density at radius 2 is 1.82 bits per heavy atom. The molecule has 1 unspecified atom stereocenters. The Bertz CT molecular complexity index is 1360. The highest BCUT2D eigenvalue weighted by Crippen LogP contribution is 2.43. The van der Waals surface area contributed by atoms with Crippen LogP contribution in [0.25, 0.3) is 22.3 Å². The Balaban J connectivity index is 1.35. The summed E-state index contributed by atoms with van der Waals surface area (Å²) in [4.78, 5) is 33.2. The molecule has 3 N–H and O–H groups in total. The van der Waals surface area contributed by atoms with Crippen molar-refractivity contribution in [2.24, 2.45) is 0 Å². The van der Waals surface area contributed by atoms with Crippen LogP contribution >= 0.6 is 0 Å². The average Bonchev–Trinajstić information content (AvgIpc) is 3.53. The molecule has 0 aliphatic carbocycles. The number of carbonyl (C=O) groups is 1. The van der Waals surface area contributed by atoms with Gasteiger partial charge in [0, 0.05) is 87.2 Å². The first-order valence-corrected chi connectivity index (χ1v) is 13.5. The van der Waals surface area contributed by atoms with Crippen LogP contribution in [0, 0.1) is 0 Å². The molecule has 5 heterocycles. The summed E-state index contributed by atoms with van der Waals surface area (Å²) in [5, 5.41) is 13.0. The molecule has 2 aliphatic heterocycles. The molecule has 3 aromatic heterocycles. The first kappa shape index (κ1) is 28.1. The molecule has 13 heteroatoms. The maximum absolute atomic E-state index is 14.5. The quantitative estimate of drug-likeness (QED) is 0.413. The van der Waals surface area contributed by atoms with Crippen LogP contribution in [0.3, 0.4) is 0 Å². The van der Waals surface area contributed by atoms with Crippen LogP contribution in [-0.4, -0.2) is 104 Å². The van der Waals surface area contributed by atoms with Crippen LogP contribution < -0.4 is 5.32 Å². The summed E-state index contributed by atoms with van der Waals surface area (Å²) in [7, 11) is 0. The molecule has 40 heavy (non-hydrogen) atoms. The van der Waals surface area contributed by atoms with Gasteiger partial charge >= 0.3 is 12.3 Å². The number of anilines is 1. The molecule has 3 aromatic rings. The zero-order valence-electron chi connectivity index (χ0n) is 22.9. The highest BCUT2D eigenvalue weighted by Gasteiger charge is 2.42. The summed E-state index contributed by atoms with van der Waals surface area (Å²) in [6.07, 6.45) is -1.60. The lowest BCUT2D eigenvalue weighted by Crippen LogP contribution is -2.49. The third kappa shape index (κ3) is 5.99. The minimum atomic E-state index is -4.65. The van der Waals surface area contributed by atoms with E-state index < -0.39 is 23.2 Å². The van der Waals surface area contributed by atoms with E-state index in [1.54, 1.807) is 39.1 Å². The first-order valence-electron chi connectivity index (χ1n) is 13.5. The number of likely N-dealkylation sites (tertiary alicyclic amines) is 1. The van der Waals surface area contributed by atoms with Gasteiger partial charge in [0.25, 0.3) is 0 Å². The Kier molecular flexibility index (Phi) is 7.62. The van der Waals surface area contributed by atoms with Crippen LogP contribution in [-0.2, 0) is 11.6 Å². The Hall–Kier alpha value is -3.45. The lowest BCUT2D eigenvalue weighted by Gasteiger charge is -2.33. The van der Waals surface area contributed by atoms with Crippen LogP contribution in [0.4, 0.5) is 23.9 Å². The van der Waals surface area contributed by atoms with Crippen molar-refractivity contribution in [1.82, 2.24) is 34.6 Å². The summed E-state index contributed by atoms with van der Waals surface area (Å²) in [5.74, 6) is 0.183. The van der Waals surface area contributed by atoms with E-state index in [4.69, 9.17) is 5.11 Å². The average molecular weight is 561 g/mol. The molecule has 0 radical (unpaired) electrons. The van der Waals surface area contributed by atoms with Crippen molar-refractivity contribution in [2.45, 2.75) is 44.8 Å². The summed E-state index contributed by atoms with van der Waals surface area (Å²) in [5.41, 5.74) is -1.10. The van der Waals surface area contributed by atoms with Gasteiger partial charge in [0.15, 0.2) is 0 Å². The van der Waals surface area contributed by atoms with E-state index in [9.17, 15) is 18.0 Å². The van der Waals surface area contributed by atoms with Gasteiger partial charge in [0.2, 0.25) is 5.95 Å². The standard InChI is InChI=1S/C27H35F3N8O2/c1-26(2,3)22-20(27(28,29)30)21(19-15-32-23-18(19)5-4-7-31-23)34-24(35-22)33-17-6-8-37(16-17)10-9-36-11-13-38(14-12-36)25(39)40/h4-5,7,15,17H,6,8-14,16H2,1-3H3,(H,31,32)(H,39,40)(H,33,34,35). The molecule has 10 nitrogen and oxygen atoms in total. The third-order valence-electron chi connectivity index (χ3n) is 7.59. The predicted molar refractivity (Wildman–Crippen MR) is 145 cm³/mol. The number of hydrogen-bond donors (Lipinski definition) is 3. The second-order valence-electron chi connectivity index (χ2n) is 11.5. The Labute approximate surface area is 230 Å². The number of nitrogens with one attached hydrogen (secondary N) is 2. The molecule has 2 aliphatic rings. The number of rotatable bonds is 6. The molecule has 1 atom stereocenters. The van der Waals surface area contributed by atoms with Gasteiger partial charge in [-0.05, 0) is 18.6 Å².